The van der Waals surface area contributed by atoms with Crippen molar-refractivity contribution in [3.8, 4) is 5.69 Å². The Balaban J connectivity index is 1.71. The fourth-order valence-corrected chi connectivity index (χ4v) is 4.00. The number of amides is 1. The predicted octanol–water partition coefficient (Wildman–Crippen LogP) is 3.47. The molecule has 2 heterocycles. The SMILES string of the molecule is Cc1ccc(CN2CCNC(=O)C2c2c(C)nn(-c3ccccc3)c2C)cc1. The van der Waals surface area contributed by atoms with E-state index in [1.54, 1.807) is 0 Å². The smallest absolute Gasteiger partial charge is 0.242 e. The lowest BCUT2D eigenvalue weighted by Crippen LogP contribution is -2.49. The number of hydrogen-bond donors (Lipinski definition) is 1. The molecule has 144 valence electrons. The summed E-state index contributed by atoms with van der Waals surface area (Å²) in [5, 5.41) is 7.79. The minimum atomic E-state index is -0.326. The molecule has 0 saturated carbocycles. The van der Waals surface area contributed by atoms with Crippen molar-refractivity contribution in [2.24, 2.45) is 0 Å². The molecule has 1 N–H and O–H groups in total. The normalized spacial score (nSPS) is 17.5. The van der Waals surface area contributed by atoms with E-state index in [4.69, 9.17) is 5.10 Å². The van der Waals surface area contributed by atoms with Crippen molar-refractivity contribution in [1.82, 2.24) is 20.0 Å². The molecule has 4 rings (SSSR count). The molecule has 1 saturated heterocycles. The zero-order valence-electron chi connectivity index (χ0n) is 16.6. The molecule has 1 amide bonds. The molecule has 5 heteroatoms. The van der Waals surface area contributed by atoms with Gasteiger partial charge in [0.05, 0.1) is 11.4 Å². The fraction of sp³-hybridized carbons (Fsp3) is 0.304. The number of carbonyl (C=O) groups excluding carboxylic acids is 1. The van der Waals surface area contributed by atoms with Gasteiger partial charge in [0.15, 0.2) is 0 Å². The van der Waals surface area contributed by atoms with E-state index < -0.39 is 0 Å². The van der Waals surface area contributed by atoms with Crippen LogP contribution < -0.4 is 5.32 Å². The van der Waals surface area contributed by atoms with E-state index in [2.05, 4.69) is 41.4 Å². The number of para-hydroxylation sites is 1. The maximum absolute atomic E-state index is 12.9. The lowest BCUT2D eigenvalue weighted by Gasteiger charge is -2.35. The Morgan fingerprint density at radius 2 is 1.75 bits per heavy atom. The molecular weight excluding hydrogens is 348 g/mol. The number of aromatic nitrogens is 2. The van der Waals surface area contributed by atoms with E-state index in [1.165, 1.54) is 11.1 Å². The van der Waals surface area contributed by atoms with Crippen LogP contribution in [-0.4, -0.2) is 33.7 Å². The molecule has 1 unspecified atom stereocenters. The van der Waals surface area contributed by atoms with E-state index >= 15 is 0 Å². The summed E-state index contributed by atoms with van der Waals surface area (Å²) in [7, 11) is 0. The van der Waals surface area contributed by atoms with Crippen molar-refractivity contribution < 1.29 is 4.79 Å². The van der Waals surface area contributed by atoms with Crippen LogP contribution in [0.15, 0.2) is 54.6 Å². The summed E-state index contributed by atoms with van der Waals surface area (Å²) in [6.45, 7) is 8.37. The predicted molar refractivity (Wildman–Crippen MR) is 110 cm³/mol. The van der Waals surface area contributed by atoms with Crippen molar-refractivity contribution in [2.45, 2.75) is 33.4 Å². The Morgan fingerprint density at radius 3 is 2.46 bits per heavy atom. The summed E-state index contributed by atoms with van der Waals surface area (Å²) in [5.41, 5.74) is 6.39. The standard InChI is InChI=1S/C23H26N4O/c1-16-9-11-19(12-10-16)15-26-14-13-24-23(28)22(26)21-17(2)25-27(18(21)3)20-7-5-4-6-8-20/h4-12,22H,13-15H2,1-3H3,(H,24,28). The van der Waals surface area contributed by atoms with Gasteiger partial charge in [0.2, 0.25) is 5.91 Å². The highest BCUT2D eigenvalue weighted by molar-refractivity contribution is 5.84. The summed E-state index contributed by atoms with van der Waals surface area (Å²) >= 11 is 0. The molecule has 1 aromatic heterocycles. The molecule has 1 aliphatic rings. The number of carbonyl (C=O) groups is 1. The summed E-state index contributed by atoms with van der Waals surface area (Å²) < 4.78 is 1.94. The first kappa shape index (κ1) is 18.4. The van der Waals surface area contributed by atoms with Crippen LogP contribution in [0.5, 0.6) is 0 Å². The van der Waals surface area contributed by atoms with E-state index in [9.17, 15) is 4.79 Å². The number of benzene rings is 2. The molecular formula is C23H26N4O. The topological polar surface area (TPSA) is 50.2 Å². The first-order valence-corrected chi connectivity index (χ1v) is 9.73. The second-order valence-electron chi connectivity index (χ2n) is 7.48. The molecule has 0 spiro atoms. The second-order valence-corrected chi connectivity index (χ2v) is 7.48. The summed E-state index contributed by atoms with van der Waals surface area (Å²) in [6, 6.07) is 18.3. The van der Waals surface area contributed by atoms with Crippen molar-refractivity contribution in [3.05, 3.63) is 82.7 Å². The van der Waals surface area contributed by atoms with Crippen molar-refractivity contribution in [1.29, 1.82) is 0 Å². The van der Waals surface area contributed by atoms with Crippen LogP contribution in [-0.2, 0) is 11.3 Å². The van der Waals surface area contributed by atoms with E-state index in [0.29, 0.717) is 6.54 Å². The third kappa shape index (κ3) is 3.45. The van der Waals surface area contributed by atoms with Gasteiger partial charge in [-0.2, -0.15) is 5.10 Å². The van der Waals surface area contributed by atoms with Gasteiger partial charge < -0.3 is 5.32 Å². The Hall–Kier alpha value is -2.92. The number of nitrogens with zero attached hydrogens (tertiary/aromatic N) is 3. The summed E-state index contributed by atoms with van der Waals surface area (Å²) in [4.78, 5) is 15.2. The monoisotopic (exact) mass is 374 g/mol. The van der Waals surface area contributed by atoms with Crippen LogP contribution in [0.1, 0.15) is 34.1 Å². The van der Waals surface area contributed by atoms with Gasteiger partial charge in [0.25, 0.3) is 0 Å². The number of piperazine rings is 1. The van der Waals surface area contributed by atoms with Crippen molar-refractivity contribution >= 4 is 5.91 Å². The molecule has 1 aliphatic heterocycles. The Bertz CT molecular complexity index is 976. The third-order valence-electron chi connectivity index (χ3n) is 5.44. The fourth-order valence-electron chi connectivity index (χ4n) is 4.00. The third-order valence-corrected chi connectivity index (χ3v) is 5.44. The van der Waals surface area contributed by atoms with Gasteiger partial charge >= 0.3 is 0 Å². The van der Waals surface area contributed by atoms with Crippen LogP contribution in [0.2, 0.25) is 0 Å². The van der Waals surface area contributed by atoms with Crippen LogP contribution in [0.25, 0.3) is 5.69 Å². The lowest BCUT2D eigenvalue weighted by atomic mass is 9.99. The van der Waals surface area contributed by atoms with E-state index in [-0.39, 0.29) is 11.9 Å². The Kier molecular flexibility index (Phi) is 5.01. The van der Waals surface area contributed by atoms with Gasteiger partial charge in [-0.3, -0.25) is 9.69 Å². The van der Waals surface area contributed by atoms with Crippen LogP contribution >= 0.6 is 0 Å². The van der Waals surface area contributed by atoms with Gasteiger partial charge in [-0.15, -0.1) is 0 Å². The molecule has 28 heavy (non-hydrogen) atoms. The lowest BCUT2D eigenvalue weighted by molar-refractivity contribution is -0.129. The van der Waals surface area contributed by atoms with Gasteiger partial charge in [-0.1, -0.05) is 48.0 Å². The Morgan fingerprint density at radius 1 is 1.04 bits per heavy atom. The molecule has 5 nitrogen and oxygen atoms in total. The maximum atomic E-state index is 12.9. The molecule has 2 aromatic carbocycles. The minimum Gasteiger partial charge on any atom is -0.353 e. The number of nitrogens with one attached hydrogen (secondary N) is 1. The van der Waals surface area contributed by atoms with Gasteiger partial charge in [-0.25, -0.2) is 4.68 Å². The average molecular weight is 374 g/mol. The van der Waals surface area contributed by atoms with Crippen LogP contribution in [0.3, 0.4) is 0 Å². The second kappa shape index (κ2) is 7.60. The van der Waals surface area contributed by atoms with Gasteiger partial charge in [-0.05, 0) is 38.5 Å². The highest BCUT2D eigenvalue weighted by Crippen LogP contribution is 2.31. The maximum Gasteiger partial charge on any atom is 0.242 e. The first-order chi connectivity index (χ1) is 13.5. The van der Waals surface area contributed by atoms with Crippen molar-refractivity contribution in [3.63, 3.8) is 0 Å². The van der Waals surface area contributed by atoms with Crippen LogP contribution in [0.4, 0.5) is 0 Å². The highest BCUT2D eigenvalue weighted by atomic mass is 16.2. The van der Waals surface area contributed by atoms with Crippen molar-refractivity contribution in [2.75, 3.05) is 13.1 Å². The number of hydrogen-bond acceptors (Lipinski definition) is 3. The highest BCUT2D eigenvalue weighted by Gasteiger charge is 2.35. The van der Waals surface area contributed by atoms with Crippen LogP contribution in [0, 0.1) is 20.8 Å². The van der Waals surface area contributed by atoms with E-state index in [0.717, 1.165) is 35.7 Å². The minimum absolute atomic E-state index is 0.0529. The number of aryl methyl sites for hydroxylation is 2. The molecule has 1 atom stereocenters. The zero-order chi connectivity index (χ0) is 19.7. The Labute approximate surface area is 166 Å². The van der Waals surface area contributed by atoms with E-state index in [1.807, 2.05) is 48.9 Å². The summed E-state index contributed by atoms with van der Waals surface area (Å²) in [5.74, 6) is 0.0529. The molecule has 0 bridgehead atoms. The largest absolute Gasteiger partial charge is 0.353 e. The molecule has 1 fully saturated rings. The average Bonchev–Trinajstić information content (AvgIpc) is 2.99. The molecule has 0 aliphatic carbocycles. The molecule has 3 aromatic rings. The quantitative estimate of drug-likeness (QED) is 0.761. The van der Waals surface area contributed by atoms with Gasteiger partial charge in [0, 0.05) is 30.9 Å². The first-order valence-electron chi connectivity index (χ1n) is 9.73. The summed E-state index contributed by atoms with van der Waals surface area (Å²) in [6.07, 6.45) is 0. The zero-order valence-corrected chi connectivity index (χ0v) is 16.6. The number of rotatable bonds is 4. The van der Waals surface area contributed by atoms with Gasteiger partial charge in [0.1, 0.15) is 6.04 Å². The molecule has 0 radical (unpaired) electrons.